The molecule has 0 aliphatic carbocycles. The van der Waals surface area contributed by atoms with Gasteiger partial charge in [0.1, 0.15) is 5.75 Å². The summed E-state index contributed by atoms with van der Waals surface area (Å²) in [6, 6.07) is 5.10. The smallest absolute Gasteiger partial charge is 0.254 e. The highest BCUT2D eigenvalue weighted by Gasteiger charge is 2.40. The third-order valence-electron chi connectivity index (χ3n) is 3.39. The number of hydrogen-bond acceptors (Lipinski definition) is 4. The Bertz CT molecular complexity index is 536. The van der Waals surface area contributed by atoms with Gasteiger partial charge < -0.3 is 20.1 Å². The van der Waals surface area contributed by atoms with Crippen molar-refractivity contribution in [3.8, 4) is 5.75 Å². The van der Waals surface area contributed by atoms with Crippen LogP contribution in [0.5, 0.6) is 5.75 Å². The first-order chi connectivity index (χ1) is 9.62. The molecule has 0 aromatic heterocycles. The van der Waals surface area contributed by atoms with Crippen LogP contribution in [0.2, 0.25) is 0 Å². The van der Waals surface area contributed by atoms with Gasteiger partial charge in [-0.1, -0.05) is 0 Å². The van der Waals surface area contributed by atoms with Crippen molar-refractivity contribution in [1.82, 2.24) is 4.90 Å². The predicted molar refractivity (Wildman–Crippen MR) is 82.6 cm³/mol. The molecule has 0 atom stereocenters. The van der Waals surface area contributed by atoms with E-state index in [1.807, 2.05) is 32.6 Å². The van der Waals surface area contributed by atoms with Crippen LogP contribution in [0.1, 0.15) is 38.1 Å². The van der Waals surface area contributed by atoms with Gasteiger partial charge in [0.15, 0.2) is 0 Å². The molecule has 1 aliphatic rings. The fourth-order valence-corrected chi connectivity index (χ4v) is 2.98. The molecule has 0 saturated carbocycles. The van der Waals surface area contributed by atoms with Crippen molar-refractivity contribution in [2.75, 3.05) is 25.9 Å². The summed E-state index contributed by atoms with van der Waals surface area (Å²) >= 11 is 0. The summed E-state index contributed by atoms with van der Waals surface area (Å²) in [7, 11) is 1.56. The normalized spacial score (nSPS) is 20.1. The van der Waals surface area contributed by atoms with Crippen molar-refractivity contribution < 1.29 is 14.3 Å². The molecular formula is C16H24N2O3. The minimum Gasteiger partial charge on any atom is -0.497 e. The van der Waals surface area contributed by atoms with Crippen LogP contribution >= 0.6 is 0 Å². The summed E-state index contributed by atoms with van der Waals surface area (Å²) in [4.78, 5) is 14.6. The number of nitrogen functional groups attached to an aromatic ring is 1. The first kappa shape index (κ1) is 15.6. The minimum atomic E-state index is -0.373. The largest absolute Gasteiger partial charge is 0.497 e. The lowest BCUT2D eigenvalue weighted by atomic mass is 9.98. The molecule has 2 N–H and O–H groups in total. The third kappa shape index (κ3) is 3.67. The number of anilines is 1. The molecule has 0 radical (unpaired) electrons. The first-order valence-corrected chi connectivity index (χ1v) is 7.06. The molecule has 0 spiro atoms. The Morgan fingerprint density at radius 3 is 2.29 bits per heavy atom. The number of rotatable bonds is 2. The van der Waals surface area contributed by atoms with Crippen molar-refractivity contribution in [3.63, 3.8) is 0 Å². The van der Waals surface area contributed by atoms with Crippen LogP contribution in [0.3, 0.4) is 0 Å². The van der Waals surface area contributed by atoms with E-state index < -0.39 is 0 Å². The van der Waals surface area contributed by atoms with Gasteiger partial charge in [-0.2, -0.15) is 0 Å². The van der Waals surface area contributed by atoms with Crippen molar-refractivity contribution >= 4 is 11.6 Å². The van der Waals surface area contributed by atoms with E-state index in [0.717, 1.165) is 0 Å². The Hall–Kier alpha value is -1.75. The molecule has 1 heterocycles. The molecule has 1 aromatic rings. The molecule has 1 saturated heterocycles. The molecule has 1 aliphatic heterocycles. The quantitative estimate of drug-likeness (QED) is 0.850. The lowest BCUT2D eigenvalue weighted by Crippen LogP contribution is -2.58. The van der Waals surface area contributed by atoms with Gasteiger partial charge in [0.2, 0.25) is 0 Å². The second kappa shape index (κ2) is 5.22. The Morgan fingerprint density at radius 2 is 1.76 bits per heavy atom. The maximum absolute atomic E-state index is 12.8. The second-order valence-electron chi connectivity index (χ2n) is 6.78. The second-order valence-corrected chi connectivity index (χ2v) is 6.78. The van der Waals surface area contributed by atoms with Crippen LogP contribution in [-0.4, -0.2) is 42.2 Å². The van der Waals surface area contributed by atoms with Crippen LogP contribution < -0.4 is 10.5 Å². The first-order valence-electron chi connectivity index (χ1n) is 7.06. The minimum absolute atomic E-state index is 0.0509. The molecular weight excluding hydrogens is 268 g/mol. The average Bonchev–Trinajstić information content (AvgIpc) is 2.33. The molecule has 21 heavy (non-hydrogen) atoms. The third-order valence-corrected chi connectivity index (χ3v) is 3.39. The zero-order chi connectivity index (χ0) is 15.8. The SMILES string of the molecule is COc1cc(N)cc(C(=O)N2CC(C)(C)OC(C)(C)C2)c1. The molecule has 0 bridgehead atoms. The maximum Gasteiger partial charge on any atom is 0.254 e. The van der Waals surface area contributed by atoms with E-state index in [2.05, 4.69) is 0 Å². The van der Waals surface area contributed by atoms with Crippen molar-refractivity contribution in [1.29, 1.82) is 0 Å². The lowest BCUT2D eigenvalue weighted by Gasteiger charge is -2.47. The number of nitrogens with two attached hydrogens (primary N) is 1. The van der Waals surface area contributed by atoms with E-state index in [0.29, 0.717) is 30.1 Å². The lowest BCUT2D eigenvalue weighted by molar-refractivity contribution is -0.171. The van der Waals surface area contributed by atoms with Gasteiger partial charge in [-0.25, -0.2) is 0 Å². The number of benzene rings is 1. The highest BCUT2D eigenvalue weighted by atomic mass is 16.5. The molecule has 1 amide bonds. The zero-order valence-corrected chi connectivity index (χ0v) is 13.4. The summed E-state index contributed by atoms with van der Waals surface area (Å²) in [5.41, 5.74) is 6.15. The van der Waals surface area contributed by atoms with Crippen molar-refractivity contribution in [2.45, 2.75) is 38.9 Å². The topological polar surface area (TPSA) is 64.8 Å². The van der Waals surface area contributed by atoms with Gasteiger partial charge in [0.05, 0.1) is 18.3 Å². The van der Waals surface area contributed by atoms with Gasteiger partial charge in [0, 0.05) is 30.4 Å². The molecule has 5 heteroatoms. The maximum atomic E-state index is 12.8. The molecule has 5 nitrogen and oxygen atoms in total. The van der Waals surface area contributed by atoms with E-state index in [-0.39, 0.29) is 17.1 Å². The van der Waals surface area contributed by atoms with Gasteiger partial charge in [-0.15, -0.1) is 0 Å². The van der Waals surface area contributed by atoms with Crippen molar-refractivity contribution in [3.05, 3.63) is 23.8 Å². The number of carbonyl (C=O) groups is 1. The summed E-state index contributed by atoms with van der Waals surface area (Å²) < 4.78 is 11.2. The van der Waals surface area contributed by atoms with Gasteiger partial charge >= 0.3 is 0 Å². The zero-order valence-electron chi connectivity index (χ0n) is 13.4. The van der Waals surface area contributed by atoms with E-state index in [1.165, 1.54) is 0 Å². The van der Waals surface area contributed by atoms with E-state index in [9.17, 15) is 4.79 Å². The fourth-order valence-electron chi connectivity index (χ4n) is 2.98. The Labute approximate surface area is 126 Å². The number of carbonyl (C=O) groups excluding carboxylic acids is 1. The number of hydrogen-bond donors (Lipinski definition) is 1. The highest BCUT2D eigenvalue weighted by Crippen LogP contribution is 2.29. The van der Waals surface area contributed by atoms with Crippen LogP contribution in [0.4, 0.5) is 5.69 Å². The Morgan fingerprint density at radius 1 is 1.19 bits per heavy atom. The van der Waals surface area contributed by atoms with E-state index >= 15 is 0 Å². The van der Waals surface area contributed by atoms with E-state index in [4.69, 9.17) is 15.2 Å². The number of morpholine rings is 1. The number of amides is 1. The number of nitrogens with zero attached hydrogens (tertiary/aromatic N) is 1. The number of methoxy groups -OCH3 is 1. The highest BCUT2D eigenvalue weighted by molar-refractivity contribution is 5.95. The molecule has 0 unspecified atom stereocenters. The summed E-state index contributed by atoms with van der Waals surface area (Å²) in [6.45, 7) is 9.07. The molecule has 1 fully saturated rings. The predicted octanol–water partition coefficient (Wildman–Crippen LogP) is 2.31. The van der Waals surface area contributed by atoms with Crippen LogP contribution in [0.25, 0.3) is 0 Å². The molecule has 116 valence electrons. The molecule has 2 rings (SSSR count). The van der Waals surface area contributed by atoms with Crippen LogP contribution in [0, 0.1) is 0 Å². The fraction of sp³-hybridized carbons (Fsp3) is 0.562. The van der Waals surface area contributed by atoms with Gasteiger partial charge in [-0.3, -0.25) is 4.79 Å². The van der Waals surface area contributed by atoms with Crippen LogP contribution in [-0.2, 0) is 4.74 Å². The summed E-state index contributed by atoms with van der Waals surface area (Å²) in [6.07, 6.45) is 0. The van der Waals surface area contributed by atoms with Crippen LogP contribution in [0.15, 0.2) is 18.2 Å². The average molecular weight is 292 g/mol. The standard InChI is InChI=1S/C16H24N2O3/c1-15(2)9-18(10-16(3,4)21-15)14(19)11-6-12(17)8-13(7-11)20-5/h6-8H,9-10,17H2,1-5H3. The molecule has 1 aromatic carbocycles. The van der Waals surface area contributed by atoms with Gasteiger partial charge in [0.25, 0.3) is 5.91 Å². The monoisotopic (exact) mass is 292 g/mol. The number of ether oxygens (including phenoxy) is 2. The Balaban J connectivity index is 2.29. The summed E-state index contributed by atoms with van der Waals surface area (Å²) in [5, 5.41) is 0. The van der Waals surface area contributed by atoms with E-state index in [1.54, 1.807) is 25.3 Å². The van der Waals surface area contributed by atoms with Crippen molar-refractivity contribution in [2.24, 2.45) is 0 Å². The summed E-state index contributed by atoms with van der Waals surface area (Å²) in [5.74, 6) is 0.537. The van der Waals surface area contributed by atoms with Gasteiger partial charge in [-0.05, 0) is 39.8 Å². The Kier molecular flexibility index (Phi) is 3.89.